The molecule has 1 heterocycles. The molecule has 154 valence electrons. The molecule has 3 aromatic rings. The van der Waals surface area contributed by atoms with Gasteiger partial charge in [0.25, 0.3) is 5.91 Å². The van der Waals surface area contributed by atoms with Gasteiger partial charge >= 0.3 is 0 Å². The molecule has 2 aromatic carbocycles. The summed E-state index contributed by atoms with van der Waals surface area (Å²) >= 11 is 0. The lowest BCUT2D eigenvalue weighted by Gasteiger charge is -2.36. The van der Waals surface area contributed by atoms with Gasteiger partial charge < -0.3 is 9.64 Å². The van der Waals surface area contributed by atoms with Crippen LogP contribution in [0.5, 0.6) is 5.75 Å². The number of aromatic nitrogens is 3. The Hall–Kier alpha value is -3.15. The number of rotatable bonds is 5. The first kappa shape index (κ1) is 18.9. The number of carbonyl (C=O) groups is 1. The zero-order chi connectivity index (χ0) is 20.7. The molecule has 1 fully saturated rings. The number of hydrogen-bond donors (Lipinski definition) is 0. The van der Waals surface area contributed by atoms with Crippen molar-refractivity contribution >= 4 is 5.91 Å². The van der Waals surface area contributed by atoms with Gasteiger partial charge in [0.05, 0.1) is 24.5 Å². The second kappa shape index (κ2) is 7.59. The number of benzene rings is 2. The second-order valence-corrected chi connectivity index (χ2v) is 8.18. The Morgan fingerprint density at radius 2 is 1.87 bits per heavy atom. The molecular weight excluding hydrogens is 376 g/mol. The molecule has 0 spiro atoms. The molecule has 2 aliphatic carbocycles. The maximum atomic E-state index is 13.7. The predicted molar refractivity (Wildman–Crippen MR) is 114 cm³/mol. The summed E-state index contributed by atoms with van der Waals surface area (Å²) in [6.45, 7) is 1.91. The van der Waals surface area contributed by atoms with Gasteiger partial charge in [-0.3, -0.25) is 4.79 Å². The molecule has 1 aromatic heterocycles. The van der Waals surface area contributed by atoms with Crippen molar-refractivity contribution in [2.24, 2.45) is 0 Å². The topological polar surface area (TPSA) is 60.2 Å². The molecule has 6 nitrogen and oxygen atoms in total. The molecule has 0 bridgehead atoms. The molecule has 2 aliphatic rings. The molecule has 0 aliphatic heterocycles. The molecule has 0 saturated heterocycles. The highest BCUT2D eigenvalue weighted by Gasteiger charge is 2.41. The van der Waals surface area contributed by atoms with E-state index in [1.54, 1.807) is 11.8 Å². The summed E-state index contributed by atoms with van der Waals surface area (Å²) in [7, 11) is 1.64. The highest BCUT2D eigenvalue weighted by molar-refractivity contribution is 5.94. The Labute approximate surface area is 176 Å². The number of methoxy groups -OCH3 is 1. The van der Waals surface area contributed by atoms with Gasteiger partial charge in [0.15, 0.2) is 5.69 Å². The van der Waals surface area contributed by atoms with Crippen LogP contribution in [0.3, 0.4) is 0 Å². The van der Waals surface area contributed by atoms with Crippen LogP contribution in [-0.4, -0.2) is 39.0 Å². The Morgan fingerprint density at radius 3 is 2.60 bits per heavy atom. The number of hydrogen-bond acceptors (Lipinski definition) is 4. The van der Waals surface area contributed by atoms with Gasteiger partial charge in [-0.2, -0.15) is 0 Å². The third-order valence-corrected chi connectivity index (χ3v) is 6.26. The van der Waals surface area contributed by atoms with Crippen molar-refractivity contribution in [3.05, 3.63) is 71.0 Å². The van der Waals surface area contributed by atoms with Crippen molar-refractivity contribution in [3.8, 4) is 11.4 Å². The van der Waals surface area contributed by atoms with E-state index in [2.05, 4.69) is 39.5 Å². The molecule has 6 heteroatoms. The monoisotopic (exact) mass is 402 g/mol. The first-order valence-electron chi connectivity index (χ1n) is 10.6. The van der Waals surface area contributed by atoms with E-state index in [0.717, 1.165) is 49.2 Å². The summed E-state index contributed by atoms with van der Waals surface area (Å²) in [5, 5.41) is 8.60. The number of nitrogens with zero attached hydrogens (tertiary/aromatic N) is 4. The van der Waals surface area contributed by atoms with E-state index in [0.29, 0.717) is 11.7 Å². The normalized spacial score (nSPS) is 18.0. The quantitative estimate of drug-likeness (QED) is 0.640. The maximum Gasteiger partial charge on any atom is 0.277 e. The molecule has 1 saturated carbocycles. The average Bonchev–Trinajstić information content (AvgIpc) is 3.55. The minimum atomic E-state index is -0.00327. The fraction of sp³-hybridized carbons (Fsp3) is 0.375. The van der Waals surface area contributed by atoms with Crippen LogP contribution in [0.1, 0.15) is 59.0 Å². The van der Waals surface area contributed by atoms with Gasteiger partial charge in [-0.1, -0.05) is 29.5 Å². The van der Waals surface area contributed by atoms with Crippen molar-refractivity contribution in [2.75, 3.05) is 7.11 Å². The van der Waals surface area contributed by atoms with E-state index in [9.17, 15) is 4.79 Å². The first-order valence-corrected chi connectivity index (χ1v) is 10.6. The minimum absolute atomic E-state index is 0.00327. The summed E-state index contributed by atoms with van der Waals surface area (Å²) in [5.74, 6) is 0.778. The molecule has 1 unspecified atom stereocenters. The van der Waals surface area contributed by atoms with Gasteiger partial charge in [-0.05, 0) is 74.4 Å². The highest BCUT2D eigenvalue weighted by Crippen LogP contribution is 2.41. The lowest BCUT2D eigenvalue weighted by Crippen LogP contribution is -2.39. The summed E-state index contributed by atoms with van der Waals surface area (Å²) in [5.41, 5.74) is 4.73. The molecule has 0 N–H and O–H groups in total. The van der Waals surface area contributed by atoms with E-state index >= 15 is 0 Å². The summed E-state index contributed by atoms with van der Waals surface area (Å²) < 4.78 is 6.96. The molecule has 30 heavy (non-hydrogen) atoms. The number of carbonyl (C=O) groups excluding carboxylic acids is 1. The van der Waals surface area contributed by atoms with Gasteiger partial charge in [0, 0.05) is 6.04 Å². The lowest BCUT2D eigenvalue weighted by atomic mass is 9.86. The van der Waals surface area contributed by atoms with Gasteiger partial charge in [-0.25, -0.2) is 4.68 Å². The molecule has 1 amide bonds. The van der Waals surface area contributed by atoms with E-state index in [1.165, 1.54) is 11.1 Å². The minimum Gasteiger partial charge on any atom is -0.497 e. The molecule has 0 radical (unpaired) electrons. The number of amides is 1. The van der Waals surface area contributed by atoms with Gasteiger partial charge in [0.1, 0.15) is 5.75 Å². The predicted octanol–water partition coefficient (Wildman–Crippen LogP) is 4.27. The number of ether oxygens (including phenoxy) is 1. The van der Waals surface area contributed by atoms with E-state index in [-0.39, 0.29) is 11.9 Å². The average molecular weight is 402 g/mol. The Balaban J connectivity index is 1.48. The zero-order valence-corrected chi connectivity index (χ0v) is 17.4. The zero-order valence-electron chi connectivity index (χ0n) is 17.4. The maximum absolute atomic E-state index is 13.7. The van der Waals surface area contributed by atoms with Gasteiger partial charge in [0.2, 0.25) is 0 Å². The highest BCUT2D eigenvalue weighted by atomic mass is 16.5. The molecular formula is C24H26N4O2. The number of fused-ring (bicyclic) bond motifs is 1. The van der Waals surface area contributed by atoms with Crippen LogP contribution in [0.2, 0.25) is 0 Å². The largest absolute Gasteiger partial charge is 0.497 e. The van der Waals surface area contributed by atoms with Crippen molar-refractivity contribution in [1.29, 1.82) is 0 Å². The van der Waals surface area contributed by atoms with Crippen LogP contribution in [0.15, 0.2) is 48.5 Å². The Morgan fingerprint density at radius 1 is 1.10 bits per heavy atom. The fourth-order valence-corrected chi connectivity index (χ4v) is 4.55. The Kier molecular flexibility index (Phi) is 4.77. The molecule has 5 rings (SSSR count). The van der Waals surface area contributed by atoms with Crippen molar-refractivity contribution in [1.82, 2.24) is 19.9 Å². The van der Waals surface area contributed by atoms with Crippen LogP contribution in [0.4, 0.5) is 0 Å². The SMILES string of the molecule is COc1ccc(-n2nnc(C(=O)N(C3CC3)C3CCCc4ccccc43)c2C)cc1. The van der Waals surface area contributed by atoms with Crippen molar-refractivity contribution in [2.45, 2.75) is 51.1 Å². The first-order chi connectivity index (χ1) is 14.7. The summed E-state index contributed by atoms with van der Waals surface area (Å²) in [6.07, 6.45) is 5.33. The van der Waals surface area contributed by atoms with Crippen molar-refractivity contribution < 1.29 is 9.53 Å². The fourth-order valence-electron chi connectivity index (χ4n) is 4.55. The summed E-state index contributed by atoms with van der Waals surface area (Å²) in [6, 6.07) is 16.6. The number of aryl methyl sites for hydroxylation is 1. The van der Waals surface area contributed by atoms with Crippen LogP contribution in [0.25, 0.3) is 5.69 Å². The third kappa shape index (κ3) is 3.26. The van der Waals surface area contributed by atoms with Crippen LogP contribution >= 0.6 is 0 Å². The van der Waals surface area contributed by atoms with Crippen molar-refractivity contribution in [3.63, 3.8) is 0 Å². The van der Waals surface area contributed by atoms with Crippen LogP contribution in [0, 0.1) is 6.92 Å². The smallest absolute Gasteiger partial charge is 0.277 e. The molecule has 1 atom stereocenters. The summed E-state index contributed by atoms with van der Waals surface area (Å²) in [4.78, 5) is 15.8. The Bertz CT molecular complexity index is 1070. The standard InChI is InChI=1S/C24H26N4O2/c1-16-23(25-26-28(16)19-12-14-20(30-2)15-13-19)24(29)27(18-10-11-18)22-9-5-7-17-6-3-4-8-21(17)22/h3-4,6,8,12-15,18,22H,5,7,9-11H2,1-2H3. The second-order valence-electron chi connectivity index (χ2n) is 8.18. The van der Waals surface area contributed by atoms with Crippen LogP contribution < -0.4 is 4.74 Å². The van der Waals surface area contributed by atoms with E-state index in [1.807, 2.05) is 31.2 Å². The lowest BCUT2D eigenvalue weighted by molar-refractivity contribution is 0.0631. The van der Waals surface area contributed by atoms with E-state index < -0.39 is 0 Å². The third-order valence-electron chi connectivity index (χ3n) is 6.26. The van der Waals surface area contributed by atoms with E-state index in [4.69, 9.17) is 4.74 Å². The van der Waals surface area contributed by atoms with Gasteiger partial charge in [-0.15, -0.1) is 5.10 Å². The van der Waals surface area contributed by atoms with Crippen LogP contribution in [-0.2, 0) is 6.42 Å².